The monoisotopic (exact) mass is 574 g/mol. The summed E-state index contributed by atoms with van der Waals surface area (Å²) in [4.78, 5) is 14.4. The van der Waals surface area contributed by atoms with Gasteiger partial charge in [0.05, 0.1) is 11.0 Å². The molecule has 220 valence electrons. The summed E-state index contributed by atoms with van der Waals surface area (Å²) in [5.74, 6) is 0.102. The smallest absolute Gasteiger partial charge is 0.220 e. The summed E-state index contributed by atoms with van der Waals surface area (Å²) < 4.78 is 2.43. The van der Waals surface area contributed by atoms with Crippen LogP contribution < -0.4 is 28.4 Å². The number of nitrogens with one attached hydrogen (secondary N) is 1. The van der Waals surface area contributed by atoms with Crippen molar-refractivity contribution in [2.45, 2.75) is 71.3 Å². The quantitative estimate of drug-likeness (QED) is 0.232. The maximum atomic E-state index is 11.9. The standard InChI is InChI=1S/C35H46N4O.ClH/c1-6-38-31-21-15-13-19-29(31)34(2,3)32(38)22-10-7-9-18-28-27-17-12-14-20-30(27)39(35(28,4)5)26-16-8-11-23-33(40)37-25-24-36;/h7,9-10,12-15,17-22H,6,8,11,16,23-26,36H2,1-5H3;1H. The third-order valence-electron chi connectivity index (χ3n) is 8.43. The van der Waals surface area contributed by atoms with E-state index in [0.717, 1.165) is 32.4 Å². The number of benzene rings is 2. The number of para-hydroxylation sites is 2. The number of hydrogen-bond acceptors (Lipinski definition) is 3. The van der Waals surface area contributed by atoms with Crippen LogP contribution >= 0.6 is 0 Å². The molecule has 4 rings (SSSR count). The Labute approximate surface area is 253 Å². The van der Waals surface area contributed by atoms with Crippen LogP contribution in [0.25, 0.3) is 5.57 Å². The molecule has 0 aliphatic carbocycles. The van der Waals surface area contributed by atoms with Gasteiger partial charge in [0, 0.05) is 55.0 Å². The molecule has 1 amide bonds. The summed E-state index contributed by atoms with van der Waals surface area (Å²) in [7, 11) is 0. The molecule has 0 atom stereocenters. The van der Waals surface area contributed by atoms with Gasteiger partial charge in [0.15, 0.2) is 5.71 Å². The number of allylic oxidation sites excluding steroid dienone is 5. The Morgan fingerprint density at radius 1 is 0.976 bits per heavy atom. The fraction of sp³-hybridized carbons (Fsp3) is 0.429. The molecule has 0 radical (unpaired) electrons. The van der Waals surface area contributed by atoms with Gasteiger partial charge in [-0.3, -0.25) is 4.79 Å². The molecule has 41 heavy (non-hydrogen) atoms. The van der Waals surface area contributed by atoms with Gasteiger partial charge in [0.2, 0.25) is 11.6 Å². The van der Waals surface area contributed by atoms with Gasteiger partial charge in [-0.15, -0.1) is 0 Å². The van der Waals surface area contributed by atoms with Gasteiger partial charge in [-0.1, -0.05) is 67.1 Å². The van der Waals surface area contributed by atoms with Crippen molar-refractivity contribution in [2.75, 3.05) is 31.1 Å². The number of halogens is 1. The van der Waals surface area contributed by atoms with Crippen molar-refractivity contribution in [3.8, 4) is 0 Å². The Bertz CT molecular complexity index is 1340. The highest BCUT2D eigenvalue weighted by Crippen LogP contribution is 2.47. The van der Waals surface area contributed by atoms with Crippen LogP contribution in [0.1, 0.15) is 71.4 Å². The van der Waals surface area contributed by atoms with Crippen LogP contribution in [0, 0.1) is 0 Å². The van der Waals surface area contributed by atoms with Gasteiger partial charge >= 0.3 is 0 Å². The molecule has 0 saturated carbocycles. The van der Waals surface area contributed by atoms with E-state index < -0.39 is 0 Å². The van der Waals surface area contributed by atoms with Crippen LogP contribution in [0.2, 0.25) is 0 Å². The SMILES string of the molecule is CC[N+]1=C(/C=C/C=C/C=C2/c3ccccc3N(CCCCCC(=O)NCCN)C2(C)C)C(C)(C)c2ccccc21.[Cl-]. The second-order valence-corrected chi connectivity index (χ2v) is 11.8. The van der Waals surface area contributed by atoms with Crippen molar-refractivity contribution in [3.63, 3.8) is 0 Å². The van der Waals surface area contributed by atoms with E-state index in [-0.39, 0.29) is 29.3 Å². The fourth-order valence-electron chi connectivity index (χ4n) is 6.28. The summed E-state index contributed by atoms with van der Waals surface area (Å²) in [6.07, 6.45) is 14.6. The van der Waals surface area contributed by atoms with Crippen molar-refractivity contribution in [3.05, 3.63) is 90.0 Å². The highest BCUT2D eigenvalue weighted by molar-refractivity contribution is 6.03. The molecular weight excluding hydrogens is 528 g/mol. The molecule has 2 heterocycles. The largest absolute Gasteiger partial charge is 1.00 e. The molecule has 0 fully saturated rings. The number of amides is 1. The lowest BCUT2D eigenvalue weighted by Crippen LogP contribution is -3.00. The molecule has 5 nitrogen and oxygen atoms in total. The maximum Gasteiger partial charge on any atom is 0.220 e. The Hall–Kier alpha value is -3.15. The molecule has 2 aromatic rings. The lowest BCUT2D eigenvalue weighted by atomic mass is 9.81. The zero-order valence-corrected chi connectivity index (χ0v) is 26.2. The molecule has 6 heteroatoms. The van der Waals surface area contributed by atoms with E-state index in [1.54, 1.807) is 0 Å². The summed E-state index contributed by atoms with van der Waals surface area (Å²) in [5.41, 5.74) is 13.3. The van der Waals surface area contributed by atoms with Gasteiger partial charge in [0.1, 0.15) is 6.54 Å². The third kappa shape index (κ3) is 6.85. The van der Waals surface area contributed by atoms with Crippen LogP contribution in [-0.4, -0.2) is 47.9 Å². The lowest BCUT2D eigenvalue weighted by molar-refractivity contribution is -0.433. The molecule has 2 aliphatic heterocycles. The van der Waals surface area contributed by atoms with Gasteiger partial charge in [0.25, 0.3) is 0 Å². The average Bonchev–Trinajstić information content (AvgIpc) is 3.29. The Kier molecular flexibility index (Phi) is 11.2. The van der Waals surface area contributed by atoms with E-state index in [0.29, 0.717) is 19.5 Å². The highest BCUT2D eigenvalue weighted by Gasteiger charge is 2.43. The topological polar surface area (TPSA) is 61.4 Å². The second kappa shape index (κ2) is 14.2. The lowest BCUT2D eigenvalue weighted by Gasteiger charge is -2.35. The van der Waals surface area contributed by atoms with Gasteiger partial charge in [-0.05, 0) is 59.1 Å². The normalized spacial score (nSPS) is 17.8. The minimum absolute atomic E-state index is 0. The summed E-state index contributed by atoms with van der Waals surface area (Å²) in [5, 5.41) is 2.86. The minimum atomic E-state index is -0.112. The van der Waals surface area contributed by atoms with Crippen LogP contribution in [0.4, 0.5) is 11.4 Å². The molecule has 2 aromatic carbocycles. The maximum absolute atomic E-state index is 11.9. The van der Waals surface area contributed by atoms with Crippen molar-refractivity contribution in [1.29, 1.82) is 0 Å². The van der Waals surface area contributed by atoms with Crippen molar-refractivity contribution >= 4 is 28.6 Å². The molecule has 0 spiro atoms. The molecule has 0 saturated heterocycles. The van der Waals surface area contributed by atoms with Crippen molar-refractivity contribution < 1.29 is 21.8 Å². The van der Waals surface area contributed by atoms with Crippen LogP contribution in [-0.2, 0) is 10.2 Å². The first-order chi connectivity index (χ1) is 19.2. The Balaban J connectivity index is 0.00000462. The zero-order chi connectivity index (χ0) is 28.8. The van der Waals surface area contributed by atoms with Gasteiger partial charge in [-0.25, -0.2) is 0 Å². The first-order valence-electron chi connectivity index (χ1n) is 14.9. The number of fused-ring (bicyclic) bond motifs is 2. The number of anilines is 1. The van der Waals surface area contributed by atoms with Crippen LogP contribution in [0.15, 0.2) is 78.9 Å². The number of carbonyl (C=O) groups is 1. The van der Waals surface area contributed by atoms with E-state index in [1.165, 1.54) is 33.8 Å². The van der Waals surface area contributed by atoms with E-state index in [2.05, 4.69) is 128 Å². The Morgan fingerprint density at radius 2 is 1.71 bits per heavy atom. The van der Waals surface area contributed by atoms with Crippen LogP contribution in [0.3, 0.4) is 0 Å². The molecule has 0 bridgehead atoms. The number of unbranched alkanes of at least 4 members (excludes halogenated alkanes) is 2. The number of carbonyl (C=O) groups excluding carboxylic acids is 1. The summed E-state index contributed by atoms with van der Waals surface area (Å²) in [6.45, 7) is 14.4. The summed E-state index contributed by atoms with van der Waals surface area (Å²) in [6, 6.07) is 17.5. The highest BCUT2D eigenvalue weighted by atomic mass is 35.5. The predicted octanol–water partition coefficient (Wildman–Crippen LogP) is 3.52. The molecule has 2 aliphatic rings. The number of hydrogen-bond donors (Lipinski definition) is 2. The average molecular weight is 575 g/mol. The number of nitrogens with zero attached hydrogens (tertiary/aromatic N) is 2. The second-order valence-electron chi connectivity index (χ2n) is 11.8. The number of rotatable bonds is 12. The van der Waals surface area contributed by atoms with Gasteiger partial charge < -0.3 is 28.4 Å². The van der Waals surface area contributed by atoms with Crippen LogP contribution in [0.5, 0.6) is 0 Å². The molecular formula is C35H47ClN4O. The molecule has 0 aromatic heterocycles. The van der Waals surface area contributed by atoms with E-state index in [4.69, 9.17) is 5.73 Å². The first-order valence-corrected chi connectivity index (χ1v) is 14.9. The third-order valence-corrected chi connectivity index (χ3v) is 8.43. The summed E-state index contributed by atoms with van der Waals surface area (Å²) >= 11 is 0. The van der Waals surface area contributed by atoms with Crippen molar-refractivity contribution in [2.24, 2.45) is 5.73 Å². The molecule has 0 unspecified atom stereocenters. The van der Waals surface area contributed by atoms with Crippen molar-refractivity contribution in [1.82, 2.24) is 5.32 Å². The first kappa shape index (κ1) is 32.4. The zero-order valence-electron chi connectivity index (χ0n) is 25.4. The van der Waals surface area contributed by atoms with E-state index >= 15 is 0 Å². The Morgan fingerprint density at radius 3 is 2.46 bits per heavy atom. The van der Waals surface area contributed by atoms with Gasteiger partial charge in [-0.2, -0.15) is 4.58 Å². The van der Waals surface area contributed by atoms with E-state index in [9.17, 15) is 4.79 Å². The fourth-order valence-corrected chi connectivity index (χ4v) is 6.28. The number of nitrogens with two attached hydrogens (primary N) is 1. The van der Waals surface area contributed by atoms with E-state index in [1.807, 2.05) is 0 Å². The minimum Gasteiger partial charge on any atom is -1.00 e. The predicted molar refractivity (Wildman–Crippen MR) is 170 cm³/mol. The molecule has 3 N–H and O–H groups in total.